The first kappa shape index (κ1) is 21.2. The van der Waals surface area contributed by atoms with Gasteiger partial charge in [-0.25, -0.2) is 4.79 Å². The fourth-order valence-electron chi connectivity index (χ4n) is 2.62. The van der Waals surface area contributed by atoms with Crippen LogP contribution < -0.4 is 19.6 Å². The Morgan fingerprint density at radius 3 is 2.33 bits per heavy atom. The smallest absolute Gasteiger partial charge is 0.347 e. The van der Waals surface area contributed by atoms with Crippen molar-refractivity contribution >= 4 is 16.9 Å². The molecule has 0 amide bonds. The largest absolute Gasteiger partial charge is 0.497 e. The quantitative estimate of drug-likeness (QED) is 0.502. The summed E-state index contributed by atoms with van der Waals surface area (Å²) in [4.78, 5) is 24.7. The number of methoxy groups -OCH3 is 1. The van der Waals surface area contributed by atoms with E-state index >= 15 is 0 Å². The van der Waals surface area contributed by atoms with Crippen LogP contribution >= 0.6 is 0 Å². The molecule has 1 aromatic heterocycles. The molecule has 0 radical (unpaired) electrons. The second kappa shape index (κ2) is 9.35. The molecule has 0 saturated heterocycles. The number of ether oxygens (including phenoxy) is 4. The Kier molecular flexibility index (Phi) is 6.61. The SMILES string of the molecule is COc1ccc(Oc2coc3cc(OC(C)C(=O)OCC(C)C)ccc3c2=O)cc1. The lowest BCUT2D eigenvalue weighted by Crippen LogP contribution is -2.27. The van der Waals surface area contributed by atoms with Crippen molar-refractivity contribution in [2.75, 3.05) is 13.7 Å². The second-order valence-corrected chi connectivity index (χ2v) is 7.15. The number of benzene rings is 2. The Morgan fingerprint density at radius 2 is 1.67 bits per heavy atom. The zero-order valence-electron chi connectivity index (χ0n) is 17.3. The molecule has 0 fully saturated rings. The maximum absolute atomic E-state index is 12.7. The fourth-order valence-corrected chi connectivity index (χ4v) is 2.62. The number of rotatable bonds is 8. The van der Waals surface area contributed by atoms with Crippen molar-refractivity contribution in [2.24, 2.45) is 5.92 Å². The Bertz CT molecular complexity index is 1070. The van der Waals surface area contributed by atoms with Crippen LogP contribution in [-0.2, 0) is 9.53 Å². The van der Waals surface area contributed by atoms with E-state index in [1.807, 2.05) is 13.8 Å². The predicted molar refractivity (Wildman–Crippen MR) is 111 cm³/mol. The molecule has 0 aliphatic rings. The van der Waals surface area contributed by atoms with E-state index in [-0.39, 0.29) is 17.1 Å². The van der Waals surface area contributed by atoms with Crippen molar-refractivity contribution < 1.29 is 28.2 Å². The lowest BCUT2D eigenvalue weighted by molar-refractivity contribution is -0.152. The fraction of sp³-hybridized carbons (Fsp3) is 0.304. The third kappa shape index (κ3) is 5.11. The molecule has 0 N–H and O–H groups in total. The van der Waals surface area contributed by atoms with E-state index in [1.165, 1.54) is 6.26 Å². The third-order valence-corrected chi connectivity index (χ3v) is 4.21. The zero-order chi connectivity index (χ0) is 21.7. The van der Waals surface area contributed by atoms with Crippen molar-refractivity contribution in [3.63, 3.8) is 0 Å². The minimum Gasteiger partial charge on any atom is -0.497 e. The van der Waals surface area contributed by atoms with E-state index in [9.17, 15) is 9.59 Å². The monoisotopic (exact) mass is 412 g/mol. The molecule has 0 spiro atoms. The lowest BCUT2D eigenvalue weighted by atomic mass is 10.2. The van der Waals surface area contributed by atoms with Crippen LogP contribution in [0.4, 0.5) is 0 Å². The molecule has 3 rings (SSSR count). The molecule has 7 heteroatoms. The average Bonchev–Trinajstić information content (AvgIpc) is 2.74. The molecule has 1 atom stereocenters. The van der Waals surface area contributed by atoms with Crippen molar-refractivity contribution in [3.8, 4) is 23.0 Å². The molecule has 0 bridgehead atoms. The molecule has 0 aliphatic heterocycles. The Morgan fingerprint density at radius 1 is 1.00 bits per heavy atom. The van der Waals surface area contributed by atoms with E-state index in [0.29, 0.717) is 34.8 Å². The Labute approximate surface area is 174 Å². The van der Waals surface area contributed by atoms with Gasteiger partial charge in [0.05, 0.1) is 19.1 Å². The predicted octanol–water partition coefficient (Wildman–Crippen LogP) is 4.56. The minimum atomic E-state index is -0.786. The summed E-state index contributed by atoms with van der Waals surface area (Å²) in [6.07, 6.45) is 0.463. The summed E-state index contributed by atoms with van der Waals surface area (Å²) >= 11 is 0. The molecule has 3 aromatic rings. The van der Waals surface area contributed by atoms with Crippen LogP contribution in [0.3, 0.4) is 0 Å². The van der Waals surface area contributed by atoms with Crippen LogP contribution in [0, 0.1) is 5.92 Å². The topological polar surface area (TPSA) is 84.2 Å². The first-order valence-corrected chi connectivity index (χ1v) is 9.58. The van der Waals surface area contributed by atoms with Gasteiger partial charge >= 0.3 is 5.97 Å². The van der Waals surface area contributed by atoms with E-state index < -0.39 is 12.1 Å². The van der Waals surface area contributed by atoms with Crippen molar-refractivity contribution in [1.82, 2.24) is 0 Å². The van der Waals surface area contributed by atoms with Crippen LogP contribution in [-0.4, -0.2) is 25.8 Å². The van der Waals surface area contributed by atoms with Gasteiger partial charge in [-0.2, -0.15) is 0 Å². The standard InChI is InChI=1S/C23H24O7/c1-14(2)12-28-23(25)15(3)29-18-9-10-19-20(11-18)27-13-21(22(19)24)30-17-7-5-16(26-4)6-8-17/h5-11,13-15H,12H2,1-4H3. The van der Waals surface area contributed by atoms with Crippen LogP contribution in [0.2, 0.25) is 0 Å². The van der Waals surface area contributed by atoms with Gasteiger partial charge in [-0.05, 0) is 49.2 Å². The van der Waals surface area contributed by atoms with Crippen molar-refractivity contribution in [1.29, 1.82) is 0 Å². The lowest BCUT2D eigenvalue weighted by Gasteiger charge is -2.15. The molecule has 0 saturated carbocycles. The second-order valence-electron chi connectivity index (χ2n) is 7.15. The van der Waals surface area contributed by atoms with Crippen molar-refractivity contribution in [2.45, 2.75) is 26.9 Å². The van der Waals surface area contributed by atoms with Gasteiger partial charge in [-0.3, -0.25) is 4.79 Å². The summed E-state index contributed by atoms with van der Waals surface area (Å²) in [5.41, 5.74) is 0.00494. The number of fused-ring (bicyclic) bond motifs is 1. The van der Waals surface area contributed by atoms with Gasteiger partial charge in [0.2, 0.25) is 11.2 Å². The van der Waals surface area contributed by atoms with Gasteiger partial charge in [-0.1, -0.05) is 13.8 Å². The Balaban J connectivity index is 1.75. The summed E-state index contributed by atoms with van der Waals surface area (Å²) in [5, 5.41) is 0.336. The number of esters is 1. The highest BCUT2D eigenvalue weighted by atomic mass is 16.6. The highest BCUT2D eigenvalue weighted by Crippen LogP contribution is 2.25. The Hall–Kier alpha value is -3.48. The van der Waals surface area contributed by atoms with Crippen LogP contribution in [0.25, 0.3) is 11.0 Å². The summed E-state index contributed by atoms with van der Waals surface area (Å²) < 4.78 is 27.1. The first-order valence-electron chi connectivity index (χ1n) is 9.58. The molecule has 2 aromatic carbocycles. The van der Waals surface area contributed by atoms with E-state index in [0.717, 1.165) is 0 Å². The molecular formula is C23H24O7. The van der Waals surface area contributed by atoms with Gasteiger partial charge in [0.25, 0.3) is 0 Å². The van der Waals surface area contributed by atoms with Crippen LogP contribution in [0.15, 0.2) is 57.9 Å². The van der Waals surface area contributed by atoms with E-state index in [1.54, 1.807) is 56.5 Å². The zero-order valence-corrected chi connectivity index (χ0v) is 17.3. The molecule has 7 nitrogen and oxygen atoms in total. The maximum atomic E-state index is 12.7. The molecule has 158 valence electrons. The number of carbonyl (C=O) groups is 1. The summed E-state index contributed by atoms with van der Waals surface area (Å²) in [5.74, 6) is 1.41. The highest BCUT2D eigenvalue weighted by molar-refractivity contribution is 5.79. The van der Waals surface area contributed by atoms with E-state index in [2.05, 4.69) is 0 Å². The van der Waals surface area contributed by atoms with Gasteiger partial charge in [0.1, 0.15) is 29.1 Å². The van der Waals surface area contributed by atoms with Gasteiger partial charge < -0.3 is 23.4 Å². The third-order valence-electron chi connectivity index (χ3n) is 4.21. The molecule has 0 aliphatic carbocycles. The minimum absolute atomic E-state index is 0.0620. The first-order chi connectivity index (χ1) is 14.4. The van der Waals surface area contributed by atoms with Gasteiger partial charge in [0, 0.05) is 6.07 Å². The summed E-state index contributed by atoms with van der Waals surface area (Å²) in [7, 11) is 1.57. The van der Waals surface area contributed by atoms with Gasteiger partial charge in [0.15, 0.2) is 6.10 Å². The average molecular weight is 412 g/mol. The number of hydrogen-bond donors (Lipinski definition) is 0. The van der Waals surface area contributed by atoms with Crippen LogP contribution in [0.1, 0.15) is 20.8 Å². The van der Waals surface area contributed by atoms with E-state index in [4.69, 9.17) is 23.4 Å². The molecule has 1 heterocycles. The molecule has 1 unspecified atom stereocenters. The number of carbonyl (C=O) groups excluding carboxylic acids is 1. The molecule has 30 heavy (non-hydrogen) atoms. The van der Waals surface area contributed by atoms with Crippen LogP contribution in [0.5, 0.6) is 23.0 Å². The highest BCUT2D eigenvalue weighted by Gasteiger charge is 2.18. The van der Waals surface area contributed by atoms with Crippen molar-refractivity contribution in [3.05, 3.63) is 59.0 Å². The van der Waals surface area contributed by atoms with Gasteiger partial charge in [-0.15, -0.1) is 0 Å². The maximum Gasteiger partial charge on any atom is 0.347 e. The number of hydrogen-bond acceptors (Lipinski definition) is 7. The molecular weight excluding hydrogens is 388 g/mol. The summed E-state index contributed by atoms with van der Waals surface area (Å²) in [6.45, 7) is 5.85. The summed E-state index contributed by atoms with van der Waals surface area (Å²) in [6, 6.07) is 11.6. The normalized spacial score (nSPS) is 11.9.